The minimum absolute atomic E-state index is 0.0724. The molecule has 1 saturated heterocycles. The lowest BCUT2D eigenvalue weighted by Crippen LogP contribution is -2.29. The fraction of sp³-hybridized carbons (Fsp3) is 1.00. The fourth-order valence-corrected chi connectivity index (χ4v) is 1.29. The van der Waals surface area contributed by atoms with E-state index in [4.69, 9.17) is 5.11 Å². The fourth-order valence-electron chi connectivity index (χ4n) is 1.29. The van der Waals surface area contributed by atoms with Crippen LogP contribution in [0.15, 0.2) is 0 Å². The lowest BCUT2D eigenvalue weighted by molar-refractivity contribution is 0.177. The van der Waals surface area contributed by atoms with E-state index in [2.05, 4.69) is 10.2 Å². The summed E-state index contributed by atoms with van der Waals surface area (Å²) < 4.78 is 0. The zero-order chi connectivity index (χ0) is 7.40. The summed E-state index contributed by atoms with van der Waals surface area (Å²) in [5.74, 6) is 0. The number of nitrogens with one attached hydrogen (secondary N) is 1. The maximum Gasteiger partial charge on any atom is 0.0679 e. The molecule has 0 aromatic rings. The third-order valence-electron chi connectivity index (χ3n) is 1.93. The van der Waals surface area contributed by atoms with Crippen molar-refractivity contribution in [2.24, 2.45) is 0 Å². The Balaban J connectivity index is 2.06. The van der Waals surface area contributed by atoms with E-state index in [1.54, 1.807) is 0 Å². The summed E-state index contributed by atoms with van der Waals surface area (Å²) in [4.78, 5) is 2.28. The molecule has 1 atom stereocenters. The van der Waals surface area contributed by atoms with Gasteiger partial charge in [0.25, 0.3) is 0 Å². The molecule has 0 radical (unpaired) electrons. The number of rotatable bonds is 3. The molecule has 10 heavy (non-hydrogen) atoms. The van der Waals surface area contributed by atoms with Crippen LogP contribution in [0.5, 0.6) is 0 Å². The van der Waals surface area contributed by atoms with E-state index in [1.165, 1.54) is 0 Å². The number of aliphatic hydroxyl groups is 1. The zero-order valence-electron chi connectivity index (χ0n) is 6.51. The van der Waals surface area contributed by atoms with Crippen LogP contribution in [-0.4, -0.2) is 49.3 Å². The Kier molecular flexibility index (Phi) is 3.12. The molecule has 1 rings (SSSR count). The van der Waals surface area contributed by atoms with Gasteiger partial charge >= 0.3 is 0 Å². The predicted molar refractivity (Wildman–Crippen MR) is 41.0 cm³/mol. The van der Waals surface area contributed by atoms with E-state index in [0.29, 0.717) is 0 Å². The van der Waals surface area contributed by atoms with E-state index in [-0.39, 0.29) is 6.10 Å². The Morgan fingerprint density at radius 1 is 1.70 bits per heavy atom. The summed E-state index contributed by atoms with van der Waals surface area (Å²) in [7, 11) is 1.95. The molecule has 3 heteroatoms. The van der Waals surface area contributed by atoms with Crippen LogP contribution < -0.4 is 5.32 Å². The van der Waals surface area contributed by atoms with Gasteiger partial charge in [0.1, 0.15) is 0 Å². The second-order valence-electron chi connectivity index (χ2n) is 2.85. The Labute approximate surface area is 62.0 Å². The number of hydrogen-bond acceptors (Lipinski definition) is 3. The Bertz CT molecular complexity index is 97.6. The summed E-state index contributed by atoms with van der Waals surface area (Å²) in [6.45, 7) is 4.00. The molecular formula is C7H16N2O. The van der Waals surface area contributed by atoms with Gasteiger partial charge in [0.2, 0.25) is 0 Å². The molecule has 1 heterocycles. The maximum absolute atomic E-state index is 9.14. The number of aliphatic hydroxyl groups excluding tert-OH is 1. The topological polar surface area (TPSA) is 35.5 Å². The number of likely N-dealkylation sites (tertiary alicyclic amines) is 1. The van der Waals surface area contributed by atoms with Crippen LogP contribution >= 0.6 is 0 Å². The smallest absolute Gasteiger partial charge is 0.0679 e. The minimum atomic E-state index is -0.0724. The van der Waals surface area contributed by atoms with Crippen molar-refractivity contribution in [2.75, 3.05) is 33.2 Å². The molecule has 1 aliphatic rings. The van der Waals surface area contributed by atoms with Gasteiger partial charge in [0.15, 0.2) is 0 Å². The molecule has 0 unspecified atom stereocenters. The number of nitrogens with zero attached hydrogens (tertiary/aromatic N) is 1. The van der Waals surface area contributed by atoms with Crippen molar-refractivity contribution in [3.63, 3.8) is 0 Å². The average molecular weight is 144 g/mol. The van der Waals surface area contributed by atoms with Crippen LogP contribution in [0.2, 0.25) is 0 Å². The van der Waals surface area contributed by atoms with Crippen LogP contribution in [0.1, 0.15) is 6.42 Å². The van der Waals surface area contributed by atoms with Crippen molar-refractivity contribution < 1.29 is 5.11 Å². The summed E-state index contributed by atoms with van der Waals surface area (Å²) in [5, 5.41) is 12.2. The third kappa shape index (κ3) is 2.25. The summed E-state index contributed by atoms with van der Waals surface area (Å²) in [6.07, 6.45) is 0.876. The summed E-state index contributed by atoms with van der Waals surface area (Å²) >= 11 is 0. The van der Waals surface area contributed by atoms with Crippen molar-refractivity contribution >= 4 is 0 Å². The van der Waals surface area contributed by atoms with Crippen LogP contribution in [0, 0.1) is 0 Å². The van der Waals surface area contributed by atoms with Gasteiger partial charge in [0, 0.05) is 26.2 Å². The second kappa shape index (κ2) is 3.91. The predicted octanol–water partition coefficient (Wildman–Crippen LogP) is -0.728. The van der Waals surface area contributed by atoms with Crippen LogP contribution in [0.3, 0.4) is 0 Å². The van der Waals surface area contributed by atoms with E-state index in [0.717, 1.165) is 32.6 Å². The van der Waals surface area contributed by atoms with Crippen molar-refractivity contribution in [3.8, 4) is 0 Å². The molecule has 0 aromatic heterocycles. The third-order valence-corrected chi connectivity index (χ3v) is 1.93. The summed E-state index contributed by atoms with van der Waals surface area (Å²) in [5.41, 5.74) is 0. The molecule has 1 aliphatic heterocycles. The Hall–Kier alpha value is -0.120. The normalized spacial score (nSPS) is 27.6. The Morgan fingerprint density at radius 3 is 3.00 bits per heavy atom. The molecule has 0 aromatic carbocycles. The van der Waals surface area contributed by atoms with E-state index in [1.807, 2.05) is 7.05 Å². The number of hydrogen-bond donors (Lipinski definition) is 2. The van der Waals surface area contributed by atoms with Gasteiger partial charge in [-0.15, -0.1) is 0 Å². The lowest BCUT2D eigenvalue weighted by atomic mass is 10.3. The van der Waals surface area contributed by atoms with E-state index >= 15 is 0 Å². The van der Waals surface area contributed by atoms with Gasteiger partial charge in [-0.25, -0.2) is 0 Å². The highest BCUT2D eigenvalue weighted by Gasteiger charge is 2.18. The van der Waals surface area contributed by atoms with Gasteiger partial charge in [-0.2, -0.15) is 0 Å². The van der Waals surface area contributed by atoms with Crippen molar-refractivity contribution in [1.82, 2.24) is 10.2 Å². The molecule has 0 bridgehead atoms. The zero-order valence-corrected chi connectivity index (χ0v) is 6.51. The Morgan fingerprint density at radius 2 is 2.50 bits per heavy atom. The average Bonchev–Trinajstić information content (AvgIpc) is 2.31. The van der Waals surface area contributed by atoms with E-state index < -0.39 is 0 Å². The molecule has 1 fully saturated rings. The molecule has 0 amide bonds. The SMILES string of the molecule is CNCCN1CC[C@H](O)C1. The highest BCUT2D eigenvalue weighted by molar-refractivity contribution is 4.74. The van der Waals surface area contributed by atoms with Crippen LogP contribution in [0.25, 0.3) is 0 Å². The maximum atomic E-state index is 9.14. The first-order valence-electron chi connectivity index (χ1n) is 3.88. The number of likely N-dealkylation sites (N-methyl/N-ethyl adjacent to an activating group) is 1. The van der Waals surface area contributed by atoms with Gasteiger partial charge in [-0.1, -0.05) is 0 Å². The monoisotopic (exact) mass is 144 g/mol. The molecule has 2 N–H and O–H groups in total. The molecule has 0 saturated carbocycles. The van der Waals surface area contributed by atoms with Gasteiger partial charge in [-0.05, 0) is 13.5 Å². The van der Waals surface area contributed by atoms with Crippen molar-refractivity contribution in [1.29, 1.82) is 0 Å². The molecule has 3 nitrogen and oxygen atoms in total. The number of β-amino-alcohol motifs (C(OH)–C–C–N with tert-alkyl or cyclic N) is 1. The van der Waals surface area contributed by atoms with Crippen LogP contribution in [0.4, 0.5) is 0 Å². The first kappa shape index (κ1) is 7.98. The standard InChI is InChI=1S/C7H16N2O/c1-8-3-5-9-4-2-7(10)6-9/h7-8,10H,2-6H2,1H3/t7-/m0/s1. The highest BCUT2D eigenvalue weighted by Crippen LogP contribution is 2.06. The molecule has 60 valence electrons. The first-order valence-corrected chi connectivity index (χ1v) is 3.88. The summed E-state index contributed by atoms with van der Waals surface area (Å²) in [6, 6.07) is 0. The first-order chi connectivity index (χ1) is 4.83. The largest absolute Gasteiger partial charge is 0.392 e. The van der Waals surface area contributed by atoms with Gasteiger partial charge in [0.05, 0.1) is 6.10 Å². The van der Waals surface area contributed by atoms with Crippen molar-refractivity contribution in [3.05, 3.63) is 0 Å². The molecular weight excluding hydrogens is 128 g/mol. The van der Waals surface area contributed by atoms with Gasteiger partial charge < -0.3 is 10.4 Å². The second-order valence-corrected chi connectivity index (χ2v) is 2.85. The highest BCUT2D eigenvalue weighted by atomic mass is 16.3. The quantitative estimate of drug-likeness (QED) is 0.548. The molecule has 0 aliphatic carbocycles. The van der Waals surface area contributed by atoms with E-state index in [9.17, 15) is 0 Å². The van der Waals surface area contributed by atoms with Crippen molar-refractivity contribution in [2.45, 2.75) is 12.5 Å². The minimum Gasteiger partial charge on any atom is -0.392 e. The lowest BCUT2D eigenvalue weighted by Gasteiger charge is -2.13. The van der Waals surface area contributed by atoms with Crippen LogP contribution in [-0.2, 0) is 0 Å². The van der Waals surface area contributed by atoms with Gasteiger partial charge in [-0.3, -0.25) is 4.90 Å². The molecule has 0 spiro atoms.